The van der Waals surface area contributed by atoms with E-state index in [4.69, 9.17) is 4.42 Å². The van der Waals surface area contributed by atoms with E-state index in [1.54, 1.807) is 12.1 Å². The number of nitrogens with one attached hydrogen (secondary N) is 1. The van der Waals surface area contributed by atoms with Crippen molar-refractivity contribution in [3.63, 3.8) is 0 Å². The van der Waals surface area contributed by atoms with Gasteiger partial charge in [-0.05, 0) is 68.6 Å². The van der Waals surface area contributed by atoms with Crippen LogP contribution in [0.1, 0.15) is 65.6 Å². The Morgan fingerprint density at radius 2 is 2.00 bits per heavy atom. The minimum absolute atomic E-state index is 0.0894. The minimum atomic E-state index is -0.235. The lowest BCUT2D eigenvalue weighted by molar-refractivity contribution is -0.135. The van der Waals surface area contributed by atoms with E-state index in [1.807, 2.05) is 4.90 Å². The van der Waals surface area contributed by atoms with Gasteiger partial charge in [0.05, 0.1) is 17.7 Å². The van der Waals surface area contributed by atoms with Crippen LogP contribution < -0.4 is 5.32 Å². The summed E-state index contributed by atoms with van der Waals surface area (Å²) in [5.74, 6) is 0.753. The highest BCUT2D eigenvalue weighted by atomic mass is 32.1. The predicted octanol–water partition coefficient (Wildman–Crippen LogP) is 4.28. The summed E-state index contributed by atoms with van der Waals surface area (Å²) >= 11 is 1.53. The number of hydrogen-bond acceptors (Lipinski definition) is 5. The number of thiophene rings is 1. The molecular weight excluding hydrogens is 412 g/mol. The van der Waals surface area contributed by atoms with E-state index in [-0.39, 0.29) is 29.4 Å². The zero-order valence-corrected chi connectivity index (χ0v) is 18.6. The number of piperidine rings is 1. The third-order valence-electron chi connectivity index (χ3n) is 6.75. The van der Waals surface area contributed by atoms with Crippen molar-refractivity contribution in [2.45, 2.75) is 51.9 Å². The molecule has 1 aliphatic heterocycles. The van der Waals surface area contributed by atoms with Gasteiger partial charge in [-0.15, -0.1) is 11.3 Å². The van der Waals surface area contributed by atoms with E-state index < -0.39 is 0 Å². The molecule has 1 saturated heterocycles. The Morgan fingerprint density at radius 3 is 2.74 bits per heavy atom. The highest BCUT2D eigenvalue weighted by molar-refractivity contribution is 7.17. The number of carbonyl (C=O) groups excluding carboxylic acids is 3. The molecule has 2 amide bonds. The summed E-state index contributed by atoms with van der Waals surface area (Å²) in [6, 6.07) is 3.38. The second kappa shape index (κ2) is 8.26. The quantitative estimate of drug-likeness (QED) is 0.704. The van der Waals surface area contributed by atoms with Gasteiger partial charge in [-0.2, -0.15) is 0 Å². The molecule has 2 aromatic rings. The fraction of sp³-hybridized carbons (Fsp3) is 0.542. The number of ketones is 1. The van der Waals surface area contributed by atoms with Gasteiger partial charge in [0, 0.05) is 23.9 Å². The summed E-state index contributed by atoms with van der Waals surface area (Å²) in [6.45, 7) is 3.44. The molecule has 2 unspecified atom stereocenters. The van der Waals surface area contributed by atoms with E-state index in [2.05, 4.69) is 12.2 Å². The monoisotopic (exact) mass is 440 g/mol. The van der Waals surface area contributed by atoms with Gasteiger partial charge in [0.2, 0.25) is 17.6 Å². The van der Waals surface area contributed by atoms with Crippen LogP contribution in [0.3, 0.4) is 0 Å². The van der Waals surface area contributed by atoms with Gasteiger partial charge in [-0.3, -0.25) is 14.4 Å². The van der Waals surface area contributed by atoms with Gasteiger partial charge in [-0.25, -0.2) is 0 Å². The van der Waals surface area contributed by atoms with Crippen molar-refractivity contribution in [2.75, 3.05) is 18.4 Å². The van der Waals surface area contributed by atoms with Crippen LogP contribution in [0.4, 0.5) is 5.00 Å². The Kier molecular flexibility index (Phi) is 5.46. The number of hydrogen-bond donors (Lipinski definition) is 1. The normalized spacial score (nSPS) is 23.3. The first-order chi connectivity index (χ1) is 15.0. The molecule has 5 rings (SSSR count). The minimum Gasteiger partial charge on any atom is -0.461 e. The summed E-state index contributed by atoms with van der Waals surface area (Å²) in [5, 5.41) is 3.71. The lowest BCUT2D eigenvalue weighted by Crippen LogP contribution is -2.44. The van der Waals surface area contributed by atoms with E-state index in [0.717, 1.165) is 57.1 Å². The average Bonchev–Trinajstić information content (AvgIpc) is 3.35. The lowest BCUT2D eigenvalue weighted by atomic mass is 9.87. The molecule has 2 aromatic heterocycles. The first kappa shape index (κ1) is 20.5. The average molecular weight is 441 g/mol. The summed E-state index contributed by atoms with van der Waals surface area (Å²) in [5.41, 5.74) is 1.66. The maximum Gasteiger partial charge on any atom is 0.231 e. The maximum absolute atomic E-state index is 13.2. The summed E-state index contributed by atoms with van der Waals surface area (Å²) in [7, 11) is 0. The number of nitrogens with zero attached hydrogens (tertiary/aromatic N) is 1. The van der Waals surface area contributed by atoms with Crippen molar-refractivity contribution in [3.05, 3.63) is 40.2 Å². The molecule has 6 nitrogen and oxygen atoms in total. The topological polar surface area (TPSA) is 79.6 Å². The number of carbonyl (C=O) groups is 3. The van der Waals surface area contributed by atoms with E-state index in [0.29, 0.717) is 28.8 Å². The molecule has 2 atom stereocenters. The highest BCUT2D eigenvalue weighted by Gasteiger charge is 2.37. The molecule has 1 N–H and O–H groups in total. The van der Waals surface area contributed by atoms with Crippen LogP contribution in [0.25, 0.3) is 0 Å². The zero-order chi connectivity index (χ0) is 21.5. The fourth-order valence-corrected chi connectivity index (χ4v) is 6.21. The van der Waals surface area contributed by atoms with Gasteiger partial charge in [0.15, 0.2) is 5.76 Å². The summed E-state index contributed by atoms with van der Waals surface area (Å²) in [6.07, 6.45) is 7.87. The van der Waals surface area contributed by atoms with Crippen LogP contribution in [0.5, 0.6) is 0 Å². The Hall–Kier alpha value is -2.41. The second-order valence-electron chi connectivity index (χ2n) is 9.25. The van der Waals surface area contributed by atoms with Gasteiger partial charge in [0.1, 0.15) is 5.00 Å². The molecule has 3 heterocycles. The SMILES string of the molecule is CC1CCc2c(sc(NC(=O)C3CCCN(C(=O)C4CC4)C3)c2C(=O)c2ccco2)C1. The van der Waals surface area contributed by atoms with Crippen molar-refractivity contribution < 1.29 is 18.8 Å². The standard InChI is InChI=1S/C24H28N2O4S/c1-14-6-9-17-19(12-14)31-23(20(17)21(27)18-5-3-11-30-18)25-22(28)16-4-2-10-26(13-16)24(29)15-7-8-15/h3,5,11,14-16H,2,4,6-10,12-13H2,1H3,(H,25,28). The van der Waals surface area contributed by atoms with Crippen molar-refractivity contribution in [1.82, 2.24) is 4.90 Å². The van der Waals surface area contributed by atoms with E-state index >= 15 is 0 Å². The number of furan rings is 1. The second-order valence-corrected chi connectivity index (χ2v) is 10.4. The van der Waals surface area contributed by atoms with Crippen LogP contribution in [0.15, 0.2) is 22.8 Å². The number of rotatable bonds is 5. The molecule has 2 fully saturated rings. The van der Waals surface area contributed by atoms with Crippen molar-refractivity contribution >= 4 is 33.9 Å². The largest absolute Gasteiger partial charge is 0.461 e. The van der Waals surface area contributed by atoms with Gasteiger partial charge >= 0.3 is 0 Å². The van der Waals surface area contributed by atoms with Crippen LogP contribution in [0.2, 0.25) is 0 Å². The lowest BCUT2D eigenvalue weighted by Gasteiger charge is -2.32. The van der Waals surface area contributed by atoms with E-state index in [1.165, 1.54) is 22.5 Å². The smallest absolute Gasteiger partial charge is 0.231 e. The Labute approximate surface area is 186 Å². The first-order valence-corrected chi connectivity index (χ1v) is 12.1. The Morgan fingerprint density at radius 1 is 1.16 bits per heavy atom. The van der Waals surface area contributed by atoms with Crippen LogP contribution >= 0.6 is 11.3 Å². The molecule has 7 heteroatoms. The van der Waals surface area contributed by atoms with Gasteiger partial charge in [0.25, 0.3) is 0 Å². The molecule has 2 aliphatic carbocycles. The highest BCUT2D eigenvalue weighted by Crippen LogP contribution is 2.41. The van der Waals surface area contributed by atoms with Crippen LogP contribution in [-0.4, -0.2) is 35.6 Å². The number of anilines is 1. The number of fused-ring (bicyclic) bond motifs is 1. The van der Waals surface area contributed by atoms with Crippen LogP contribution in [-0.2, 0) is 22.4 Å². The molecule has 0 radical (unpaired) electrons. The molecule has 1 saturated carbocycles. The van der Waals surface area contributed by atoms with Gasteiger partial charge in [-0.1, -0.05) is 6.92 Å². The van der Waals surface area contributed by atoms with Gasteiger partial charge < -0.3 is 14.6 Å². The van der Waals surface area contributed by atoms with Crippen molar-refractivity contribution in [2.24, 2.45) is 17.8 Å². The van der Waals surface area contributed by atoms with Crippen molar-refractivity contribution in [3.8, 4) is 0 Å². The molecule has 0 aromatic carbocycles. The Balaban J connectivity index is 1.38. The molecule has 0 bridgehead atoms. The number of amides is 2. The van der Waals surface area contributed by atoms with E-state index in [9.17, 15) is 14.4 Å². The fourth-order valence-electron chi connectivity index (χ4n) is 4.80. The molecule has 31 heavy (non-hydrogen) atoms. The first-order valence-electron chi connectivity index (χ1n) is 11.3. The molecule has 3 aliphatic rings. The Bertz CT molecular complexity index is 1010. The maximum atomic E-state index is 13.2. The van der Waals surface area contributed by atoms with Crippen LogP contribution in [0, 0.1) is 17.8 Å². The van der Waals surface area contributed by atoms with Crippen molar-refractivity contribution in [1.29, 1.82) is 0 Å². The predicted molar refractivity (Wildman–Crippen MR) is 118 cm³/mol. The summed E-state index contributed by atoms with van der Waals surface area (Å²) < 4.78 is 5.37. The number of likely N-dealkylation sites (tertiary alicyclic amines) is 1. The third kappa shape index (κ3) is 4.07. The molecular formula is C24H28N2O4S. The molecule has 164 valence electrons. The zero-order valence-electron chi connectivity index (χ0n) is 17.8. The third-order valence-corrected chi connectivity index (χ3v) is 7.92. The molecule has 0 spiro atoms. The summed E-state index contributed by atoms with van der Waals surface area (Å²) in [4.78, 5) is 41.9.